The number of aromatic nitrogens is 1. The van der Waals surface area contributed by atoms with Crippen LogP contribution in [0.1, 0.15) is 46.1 Å². The van der Waals surface area contributed by atoms with Gasteiger partial charge in [-0.15, -0.1) is 0 Å². The molecule has 0 radical (unpaired) electrons. The summed E-state index contributed by atoms with van der Waals surface area (Å²) in [7, 11) is 0. The Morgan fingerprint density at radius 2 is 2.04 bits per heavy atom. The highest BCUT2D eigenvalue weighted by Crippen LogP contribution is 2.30. The number of hydrogen-bond donors (Lipinski definition) is 0. The normalized spacial score (nSPS) is 20.1. The minimum atomic E-state index is -0.927. The highest BCUT2D eigenvalue weighted by Gasteiger charge is 2.32. The molecule has 1 aromatic carbocycles. The fraction of sp³-hybridized carbons (Fsp3) is 0.474. The Hall–Kier alpha value is -2.04. The molecule has 1 aliphatic rings. The van der Waals surface area contributed by atoms with Crippen molar-refractivity contribution in [3.05, 3.63) is 41.6 Å². The molecule has 2 aromatic rings. The molecule has 1 atom stereocenters. The summed E-state index contributed by atoms with van der Waals surface area (Å²) in [6.45, 7) is 8.43. The van der Waals surface area contributed by atoms with Crippen molar-refractivity contribution < 1.29 is 13.5 Å². The highest BCUT2D eigenvalue weighted by molar-refractivity contribution is 5.97. The smallest absolute Gasteiger partial charge is 0.218 e. The van der Waals surface area contributed by atoms with Gasteiger partial charge in [0.2, 0.25) is 5.90 Å². The average Bonchev–Trinajstić information content (AvgIpc) is 2.48. The van der Waals surface area contributed by atoms with Crippen LogP contribution in [0.25, 0.3) is 10.9 Å². The van der Waals surface area contributed by atoms with Crippen LogP contribution in [0, 0.1) is 17.6 Å². The van der Waals surface area contributed by atoms with Crippen LogP contribution in [-0.2, 0) is 4.74 Å². The Morgan fingerprint density at radius 3 is 2.75 bits per heavy atom. The van der Waals surface area contributed by atoms with Crippen LogP contribution in [0.5, 0.6) is 0 Å². The predicted octanol–water partition coefficient (Wildman–Crippen LogP) is 4.87. The first kappa shape index (κ1) is 16.8. The topological polar surface area (TPSA) is 34.5 Å². The van der Waals surface area contributed by atoms with Gasteiger partial charge >= 0.3 is 0 Å². The Balaban J connectivity index is 2.01. The summed E-state index contributed by atoms with van der Waals surface area (Å²) in [4.78, 5) is 8.80. The van der Waals surface area contributed by atoms with Crippen LogP contribution in [0.4, 0.5) is 8.78 Å². The molecule has 1 aromatic heterocycles. The van der Waals surface area contributed by atoms with E-state index in [0.29, 0.717) is 22.8 Å². The zero-order valence-electron chi connectivity index (χ0n) is 14.4. The van der Waals surface area contributed by atoms with Gasteiger partial charge in [-0.3, -0.25) is 4.98 Å². The van der Waals surface area contributed by atoms with Gasteiger partial charge in [-0.1, -0.05) is 13.8 Å². The Morgan fingerprint density at radius 1 is 1.29 bits per heavy atom. The van der Waals surface area contributed by atoms with E-state index in [0.717, 1.165) is 18.9 Å². The first-order chi connectivity index (χ1) is 11.2. The largest absolute Gasteiger partial charge is 0.471 e. The molecule has 0 spiro atoms. The van der Waals surface area contributed by atoms with Crippen LogP contribution >= 0.6 is 0 Å². The molecule has 0 aliphatic carbocycles. The summed E-state index contributed by atoms with van der Waals surface area (Å²) in [6, 6.07) is 4.56. The lowest BCUT2D eigenvalue weighted by atomic mass is 9.91. The quantitative estimate of drug-likeness (QED) is 0.803. The third-order valence-corrected chi connectivity index (χ3v) is 4.13. The molecule has 0 saturated heterocycles. The van der Waals surface area contributed by atoms with Crippen molar-refractivity contribution in [1.29, 1.82) is 0 Å². The lowest BCUT2D eigenvalue weighted by Gasteiger charge is -2.35. The molecular weight excluding hydrogens is 310 g/mol. The zero-order chi connectivity index (χ0) is 17.5. The number of pyridine rings is 1. The minimum Gasteiger partial charge on any atom is -0.471 e. The van der Waals surface area contributed by atoms with E-state index in [-0.39, 0.29) is 17.2 Å². The third-order valence-electron chi connectivity index (χ3n) is 4.13. The number of aliphatic imine (C=N–C) groups is 1. The van der Waals surface area contributed by atoms with Crippen LogP contribution in [-0.4, -0.2) is 22.5 Å². The molecular formula is C19H22F2N2O. The van der Waals surface area contributed by atoms with Crippen molar-refractivity contribution in [3.63, 3.8) is 0 Å². The second kappa shape index (κ2) is 6.11. The molecule has 128 valence electrons. The predicted molar refractivity (Wildman–Crippen MR) is 91.2 cm³/mol. The minimum absolute atomic E-state index is 0.0214. The molecule has 1 aliphatic heterocycles. The first-order valence-corrected chi connectivity index (χ1v) is 8.26. The summed E-state index contributed by atoms with van der Waals surface area (Å²) in [6.07, 6.45) is 3.34. The fourth-order valence-corrected chi connectivity index (χ4v) is 3.18. The van der Waals surface area contributed by atoms with Gasteiger partial charge in [0.05, 0.1) is 11.6 Å². The van der Waals surface area contributed by atoms with Gasteiger partial charge in [0.15, 0.2) is 11.6 Å². The lowest BCUT2D eigenvalue weighted by Crippen LogP contribution is -2.38. The van der Waals surface area contributed by atoms with Gasteiger partial charge in [-0.25, -0.2) is 13.8 Å². The highest BCUT2D eigenvalue weighted by atomic mass is 19.2. The first-order valence-electron chi connectivity index (χ1n) is 8.26. The van der Waals surface area contributed by atoms with Crippen LogP contribution in [0.2, 0.25) is 0 Å². The van der Waals surface area contributed by atoms with Crippen LogP contribution < -0.4 is 0 Å². The number of halogens is 2. The van der Waals surface area contributed by atoms with Crippen molar-refractivity contribution in [2.75, 3.05) is 0 Å². The van der Waals surface area contributed by atoms with Gasteiger partial charge < -0.3 is 4.74 Å². The van der Waals surface area contributed by atoms with Gasteiger partial charge in [0, 0.05) is 18.0 Å². The van der Waals surface area contributed by atoms with Crippen molar-refractivity contribution in [2.45, 2.75) is 52.2 Å². The van der Waals surface area contributed by atoms with Crippen molar-refractivity contribution in [2.24, 2.45) is 10.9 Å². The molecule has 2 heterocycles. The van der Waals surface area contributed by atoms with E-state index in [1.165, 1.54) is 12.3 Å². The van der Waals surface area contributed by atoms with E-state index in [9.17, 15) is 8.78 Å². The summed E-state index contributed by atoms with van der Waals surface area (Å²) in [5, 5.41) is 0.529. The fourth-order valence-electron chi connectivity index (χ4n) is 3.18. The summed E-state index contributed by atoms with van der Waals surface area (Å²) in [5.74, 6) is -0.757. The van der Waals surface area contributed by atoms with Crippen molar-refractivity contribution in [3.8, 4) is 0 Å². The summed E-state index contributed by atoms with van der Waals surface area (Å²) >= 11 is 0. The Kier molecular flexibility index (Phi) is 4.28. The molecule has 0 amide bonds. The maximum Gasteiger partial charge on any atom is 0.218 e. The average molecular weight is 332 g/mol. The molecule has 0 bridgehead atoms. The monoisotopic (exact) mass is 332 g/mol. The number of rotatable bonds is 3. The maximum absolute atomic E-state index is 13.8. The molecule has 0 saturated carbocycles. The molecule has 3 rings (SSSR count). The third kappa shape index (κ3) is 3.40. The van der Waals surface area contributed by atoms with E-state index in [1.54, 1.807) is 6.07 Å². The maximum atomic E-state index is 13.8. The zero-order valence-corrected chi connectivity index (χ0v) is 14.4. The van der Waals surface area contributed by atoms with E-state index < -0.39 is 11.6 Å². The Labute approximate surface area is 140 Å². The van der Waals surface area contributed by atoms with Gasteiger partial charge in [0.1, 0.15) is 11.1 Å². The second-order valence-electron chi connectivity index (χ2n) is 7.44. The number of ether oxygens (including phenoxy) is 1. The van der Waals surface area contributed by atoms with Gasteiger partial charge in [-0.2, -0.15) is 0 Å². The van der Waals surface area contributed by atoms with Crippen LogP contribution in [0.15, 0.2) is 29.4 Å². The molecule has 1 unspecified atom stereocenters. The standard InChI is InChI=1S/C19H22F2N2O/c1-11(2)7-14-9-19(3,4)24-18(23-14)13-8-12-5-6-15(20)16(21)17(12)22-10-13/h5-6,8,10-11,14H,7,9H2,1-4H3. The van der Waals surface area contributed by atoms with Crippen molar-refractivity contribution >= 4 is 16.8 Å². The van der Waals surface area contributed by atoms with Gasteiger partial charge in [-0.05, 0) is 44.4 Å². The van der Waals surface area contributed by atoms with E-state index >= 15 is 0 Å². The second-order valence-corrected chi connectivity index (χ2v) is 7.44. The summed E-state index contributed by atoms with van der Waals surface area (Å²) in [5.41, 5.74) is 0.391. The number of nitrogens with zero attached hydrogens (tertiary/aromatic N) is 2. The SMILES string of the molecule is CC(C)CC1CC(C)(C)OC(c2cnc3c(F)c(F)ccc3c2)=N1. The number of benzene rings is 1. The van der Waals surface area contributed by atoms with Gasteiger partial charge in [0.25, 0.3) is 0 Å². The van der Waals surface area contributed by atoms with E-state index in [2.05, 4.69) is 18.8 Å². The Bertz CT molecular complexity index is 799. The number of fused-ring (bicyclic) bond motifs is 1. The molecule has 0 fully saturated rings. The van der Waals surface area contributed by atoms with E-state index in [4.69, 9.17) is 9.73 Å². The number of hydrogen-bond acceptors (Lipinski definition) is 3. The lowest BCUT2D eigenvalue weighted by molar-refractivity contribution is 0.0603. The van der Waals surface area contributed by atoms with Crippen molar-refractivity contribution in [1.82, 2.24) is 4.98 Å². The molecule has 24 heavy (non-hydrogen) atoms. The van der Waals surface area contributed by atoms with E-state index in [1.807, 2.05) is 13.8 Å². The van der Waals surface area contributed by atoms with Crippen LogP contribution in [0.3, 0.4) is 0 Å². The summed E-state index contributed by atoms with van der Waals surface area (Å²) < 4.78 is 33.1. The molecule has 5 heteroatoms. The molecule has 3 nitrogen and oxygen atoms in total. The molecule has 0 N–H and O–H groups in total.